The molecule has 2 rings (SSSR count). The van der Waals surface area contributed by atoms with Gasteiger partial charge in [0.15, 0.2) is 5.65 Å². The minimum Gasteiger partial charge on any atom is -0.342 e. The molecule has 0 aliphatic heterocycles. The number of H-pyrrole nitrogens is 1. The molecule has 0 fully saturated rings. The topological polar surface area (TPSA) is 72.7 Å². The monoisotopic (exact) mass is 210 g/mol. The Labute approximate surface area is 83.7 Å². The zero-order chi connectivity index (χ0) is 11.2. The molecule has 0 amide bonds. The molecule has 2 heterocycles. The van der Waals surface area contributed by atoms with Crippen molar-refractivity contribution in [1.29, 1.82) is 0 Å². The number of hydrogen-bond acceptors (Lipinski definition) is 3. The van der Waals surface area contributed by atoms with Gasteiger partial charge < -0.3 is 9.30 Å². The molecule has 0 aliphatic carbocycles. The Balaban J connectivity index is 3.04. The number of fused-ring (bicyclic) bond motifs is 1. The lowest BCUT2D eigenvalue weighted by atomic mass is 10.1. The van der Waals surface area contributed by atoms with E-state index >= 15 is 0 Å². The van der Waals surface area contributed by atoms with Crippen LogP contribution < -0.4 is 17.0 Å². The summed E-state index contributed by atoms with van der Waals surface area (Å²) < 4.78 is 14.5. The van der Waals surface area contributed by atoms with Crippen molar-refractivity contribution in [3.8, 4) is 0 Å². The maximum atomic E-state index is 12.3. The third-order valence-electron chi connectivity index (χ3n) is 2.27. The fourth-order valence-electron chi connectivity index (χ4n) is 1.44. The summed E-state index contributed by atoms with van der Waals surface area (Å²) >= 11 is 0. The average molecular weight is 210 g/mol. The van der Waals surface area contributed by atoms with E-state index in [0.717, 1.165) is 4.57 Å². The first-order valence-corrected chi connectivity index (χ1v) is 4.27. The Morgan fingerprint density at radius 1 is 1.33 bits per heavy atom. The molecule has 2 aromatic heterocycles. The SMILES string of the molecule is Cn1c(=O)c2[nH]c(BF)nc2n(C)c1=O. The second-order valence-corrected chi connectivity index (χ2v) is 3.22. The molecule has 1 N–H and O–H groups in total. The summed E-state index contributed by atoms with van der Waals surface area (Å²) in [5.74, 6) is 0. The first-order chi connectivity index (χ1) is 7.06. The van der Waals surface area contributed by atoms with Gasteiger partial charge in [-0.15, -0.1) is 0 Å². The van der Waals surface area contributed by atoms with Crippen LogP contribution in [0.2, 0.25) is 0 Å². The summed E-state index contributed by atoms with van der Waals surface area (Å²) in [7, 11) is 2.04. The maximum absolute atomic E-state index is 12.3. The van der Waals surface area contributed by atoms with Gasteiger partial charge in [0.2, 0.25) is 0 Å². The van der Waals surface area contributed by atoms with Crippen LogP contribution in [-0.2, 0) is 14.1 Å². The lowest BCUT2D eigenvalue weighted by molar-refractivity contribution is 0.709. The molecule has 2 aromatic rings. The second-order valence-electron chi connectivity index (χ2n) is 3.22. The van der Waals surface area contributed by atoms with Crippen LogP contribution in [0.15, 0.2) is 9.59 Å². The van der Waals surface area contributed by atoms with Crippen LogP contribution in [0.1, 0.15) is 0 Å². The summed E-state index contributed by atoms with van der Waals surface area (Å²) in [6, 6.07) is 0. The number of aromatic amines is 1. The number of halogens is 1. The predicted octanol–water partition coefficient (Wildman–Crippen LogP) is -2.09. The van der Waals surface area contributed by atoms with E-state index in [1.807, 2.05) is 0 Å². The van der Waals surface area contributed by atoms with Crippen LogP contribution in [-0.4, -0.2) is 26.7 Å². The Bertz CT molecular complexity index is 641. The summed E-state index contributed by atoms with van der Waals surface area (Å²) in [6.07, 6.45) is 0. The lowest BCUT2D eigenvalue weighted by Gasteiger charge is -2.00. The fraction of sp³-hybridized carbons (Fsp3) is 0.286. The van der Waals surface area contributed by atoms with Gasteiger partial charge in [0.1, 0.15) is 11.2 Å². The number of aromatic nitrogens is 4. The molecule has 6 nitrogen and oxygen atoms in total. The number of rotatable bonds is 1. The lowest BCUT2D eigenvalue weighted by Crippen LogP contribution is -2.36. The molecule has 8 heteroatoms. The number of aryl methyl sites for hydroxylation is 1. The van der Waals surface area contributed by atoms with Crippen LogP contribution in [0.3, 0.4) is 0 Å². The van der Waals surface area contributed by atoms with E-state index in [1.54, 1.807) is 0 Å². The molecule has 0 saturated carbocycles. The molecule has 15 heavy (non-hydrogen) atoms. The molecule has 0 atom stereocenters. The zero-order valence-electron chi connectivity index (χ0n) is 8.24. The van der Waals surface area contributed by atoms with Gasteiger partial charge in [-0.25, -0.2) is 9.78 Å². The molecule has 0 aromatic carbocycles. The highest BCUT2D eigenvalue weighted by Gasteiger charge is 2.13. The smallest absolute Gasteiger partial charge is 0.342 e. The normalized spacial score (nSPS) is 10.9. The summed E-state index contributed by atoms with van der Waals surface area (Å²) in [5.41, 5.74) is -0.615. The minimum atomic E-state index is -0.800. The standard InChI is InChI=1S/C7H8BFN4O2/c1-12-4-3(10-6(8-9)11-4)5(14)13(2)7(12)15/h8H,1-2H3,(H,10,11). The van der Waals surface area contributed by atoms with Gasteiger partial charge in [-0.3, -0.25) is 13.9 Å². The van der Waals surface area contributed by atoms with Crippen LogP contribution in [0.4, 0.5) is 4.32 Å². The van der Waals surface area contributed by atoms with Crippen molar-refractivity contribution in [3.63, 3.8) is 0 Å². The predicted molar refractivity (Wildman–Crippen MR) is 54.5 cm³/mol. The Kier molecular flexibility index (Phi) is 1.99. The quantitative estimate of drug-likeness (QED) is 0.548. The first-order valence-electron chi connectivity index (χ1n) is 4.27. The molecule has 0 radical (unpaired) electrons. The third-order valence-corrected chi connectivity index (χ3v) is 2.27. The minimum absolute atomic E-state index is 0.0447. The molecule has 0 saturated heterocycles. The maximum Gasteiger partial charge on any atom is 0.403 e. The highest BCUT2D eigenvalue weighted by molar-refractivity contribution is 6.44. The van der Waals surface area contributed by atoms with Crippen LogP contribution in [0, 0.1) is 0 Å². The van der Waals surface area contributed by atoms with E-state index in [0.29, 0.717) is 0 Å². The van der Waals surface area contributed by atoms with Crippen molar-refractivity contribution in [1.82, 2.24) is 19.1 Å². The molecule has 0 unspecified atom stereocenters. The van der Waals surface area contributed by atoms with Crippen LogP contribution in [0.5, 0.6) is 0 Å². The van der Waals surface area contributed by atoms with Crippen molar-refractivity contribution in [3.05, 3.63) is 20.8 Å². The molecule has 0 bridgehead atoms. The molecule has 0 spiro atoms. The van der Waals surface area contributed by atoms with Gasteiger partial charge in [0.25, 0.3) is 5.56 Å². The van der Waals surface area contributed by atoms with Gasteiger partial charge in [-0.05, 0) is 0 Å². The number of nitrogens with one attached hydrogen (secondary N) is 1. The van der Waals surface area contributed by atoms with Crippen molar-refractivity contribution in [2.45, 2.75) is 0 Å². The molecule has 78 valence electrons. The van der Waals surface area contributed by atoms with Gasteiger partial charge in [-0.2, -0.15) is 0 Å². The Hall–Kier alpha value is -1.86. The molecular weight excluding hydrogens is 202 g/mol. The van der Waals surface area contributed by atoms with Gasteiger partial charge in [-0.1, -0.05) is 0 Å². The average Bonchev–Trinajstić information content (AvgIpc) is 2.67. The largest absolute Gasteiger partial charge is 0.403 e. The van der Waals surface area contributed by atoms with Crippen molar-refractivity contribution in [2.24, 2.45) is 14.1 Å². The van der Waals surface area contributed by atoms with E-state index in [9.17, 15) is 13.9 Å². The highest BCUT2D eigenvalue weighted by Crippen LogP contribution is 1.96. The van der Waals surface area contributed by atoms with Crippen LogP contribution >= 0.6 is 0 Å². The van der Waals surface area contributed by atoms with Crippen LogP contribution in [0.25, 0.3) is 11.2 Å². The van der Waals surface area contributed by atoms with Gasteiger partial charge >= 0.3 is 13.2 Å². The molecule has 0 aliphatic rings. The number of hydrogen-bond donors (Lipinski definition) is 1. The van der Waals surface area contributed by atoms with Gasteiger partial charge in [0.05, 0.1) is 0 Å². The van der Waals surface area contributed by atoms with Crippen molar-refractivity contribution < 1.29 is 4.32 Å². The van der Waals surface area contributed by atoms with E-state index in [1.165, 1.54) is 18.7 Å². The second kappa shape index (κ2) is 3.08. The van der Waals surface area contributed by atoms with Crippen molar-refractivity contribution in [2.75, 3.05) is 0 Å². The summed E-state index contributed by atoms with van der Waals surface area (Å²) in [6.45, 7) is 0. The number of imidazole rings is 1. The van der Waals surface area contributed by atoms with E-state index in [-0.39, 0.29) is 16.9 Å². The first kappa shape index (κ1) is 9.69. The highest BCUT2D eigenvalue weighted by atomic mass is 19.1. The summed E-state index contributed by atoms with van der Waals surface area (Å²) in [4.78, 5) is 29.4. The number of nitrogens with zero attached hydrogens (tertiary/aromatic N) is 3. The van der Waals surface area contributed by atoms with E-state index < -0.39 is 18.8 Å². The van der Waals surface area contributed by atoms with Gasteiger partial charge in [0, 0.05) is 14.1 Å². The zero-order valence-corrected chi connectivity index (χ0v) is 8.24. The van der Waals surface area contributed by atoms with E-state index in [2.05, 4.69) is 9.97 Å². The van der Waals surface area contributed by atoms with E-state index in [4.69, 9.17) is 0 Å². The summed E-state index contributed by atoms with van der Waals surface area (Å²) in [5, 5.41) is 0. The third kappa shape index (κ3) is 1.21. The fourth-order valence-corrected chi connectivity index (χ4v) is 1.44. The Morgan fingerprint density at radius 2 is 2.00 bits per heavy atom. The van der Waals surface area contributed by atoms with Crippen molar-refractivity contribution >= 4 is 24.4 Å². The molecular formula is C7H8BFN4O2. The Morgan fingerprint density at radius 3 is 2.60 bits per heavy atom.